The summed E-state index contributed by atoms with van der Waals surface area (Å²) in [5.74, 6) is -1.20. The van der Waals surface area contributed by atoms with Crippen molar-refractivity contribution in [1.82, 2.24) is 19.9 Å². The highest BCUT2D eigenvalue weighted by atomic mass is 19.2. The number of pyridine rings is 1. The fraction of sp³-hybridized carbons (Fsp3) is 0.211. The topological polar surface area (TPSA) is 61.9 Å². The van der Waals surface area contributed by atoms with Crippen LogP contribution in [0.3, 0.4) is 0 Å². The third-order valence-corrected chi connectivity index (χ3v) is 4.51. The van der Waals surface area contributed by atoms with E-state index in [1.165, 1.54) is 6.07 Å². The highest BCUT2D eigenvalue weighted by Crippen LogP contribution is 2.21. The molecular weight excluding hydrogens is 338 g/mol. The molecule has 4 rings (SSSR count). The normalized spacial score (nSPS) is 14.2. The first-order valence-corrected chi connectivity index (χ1v) is 8.29. The molecule has 0 saturated heterocycles. The van der Waals surface area contributed by atoms with Gasteiger partial charge in [-0.25, -0.2) is 13.8 Å². The highest BCUT2D eigenvalue weighted by Gasteiger charge is 2.22. The van der Waals surface area contributed by atoms with Crippen molar-refractivity contribution in [3.05, 3.63) is 81.5 Å². The molecule has 3 aromatic rings. The quantitative estimate of drug-likeness (QED) is 0.786. The Hall–Kier alpha value is -2.93. The van der Waals surface area contributed by atoms with Gasteiger partial charge in [0.05, 0.1) is 11.3 Å². The molecule has 3 heterocycles. The van der Waals surface area contributed by atoms with Crippen molar-refractivity contribution in [2.24, 2.45) is 0 Å². The van der Waals surface area contributed by atoms with Crippen LogP contribution in [-0.4, -0.2) is 26.4 Å². The molecule has 132 valence electrons. The number of halogens is 2. The first-order valence-electron chi connectivity index (χ1n) is 8.29. The Bertz CT molecular complexity index is 1000. The third-order valence-electron chi connectivity index (χ3n) is 4.51. The fourth-order valence-electron chi connectivity index (χ4n) is 3.17. The zero-order valence-electron chi connectivity index (χ0n) is 13.9. The van der Waals surface area contributed by atoms with Crippen LogP contribution in [0.15, 0.2) is 47.5 Å². The van der Waals surface area contributed by atoms with Crippen LogP contribution in [0, 0.1) is 11.6 Å². The molecule has 0 fully saturated rings. The molecule has 26 heavy (non-hydrogen) atoms. The van der Waals surface area contributed by atoms with Gasteiger partial charge in [-0.1, -0.05) is 12.1 Å². The van der Waals surface area contributed by atoms with Gasteiger partial charge in [-0.2, -0.15) is 0 Å². The lowest BCUT2D eigenvalue weighted by Crippen LogP contribution is -2.35. The molecule has 1 aliphatic heterocycles. The van der Waals surface area contributed by atoms with Crippen molar-refractivity contribution in [2.45, 2.75) is 19.5 Å². The largest absolute Gasteiger partial charge is 0.306 e. The van der Waals surface area contributed by atoms with E-state index in [9.17, 15) is 13.6 Å². The number of aromatic nitrogens is 3. The molecule has 1 aliphatic rings. The lowest BCUT2D eigenvalue weighted by atomic mass is 10.1. The summed E-state index contributed by atoms with van der Waals surface area (Å²) < 4.78 is 27.3. The second-order valence-electron chi connectivity index (χ2n) is 6.26. The van der Waals surface area contributed by atoms with Gasteiger partial charge in [0.25, 0.3) is 5.56 Å². The number of fused-ring (bicyclic) bond motifs is 1. The van der Waals surface area contributed by atoms with Gasteiger partial charge >= 0.3 is 0 Å². The van der Waals surface area contributed by atoms with Gasteiger partial charge in [0, 0.05) is 49.6 Å². The molecule has 0 aliphatic carbocycles. The minimum atomic E-state index is -0.861. The SMILES string of the molecule is O=c1[nH]c(-c2cccnc2)nc2c1CN(Cc1cccc(F)c1F)CC2. The van der Waals surface area contributed by atoms with Crippen molar-refractivity contribution in [3.8, 4) is 11.4 Å². The number of nitrogens with zero attached hydrogens (tertiary/aromatic N) is 3. The minimum absolute atomic E-state index is 0.210. The molecule has 0 unspecified atom stereocenters. The number of hydrogen-bond acceptors (Lipinski definition) is 4. The van der Waals surface area contributed by atoms with Crippen LogP contribution in [0.2, 0.25) is 0 Å². The van der Waals surface area contributed by atoms with E-state index in [1.54, 1.807) is 24.5 Å². The number of nitrogens with one attached hydrogen (secondary N) is 1. The number of aromatic amines is 1. The molecule has 2 aromatic heterocycles. The molecule has 0 spiro atoms. The zero-order valence-corrected chi connectivity index (χ0v) is 13.9. The molecule has 1 aromatic carbocycles. The molecule has 0 atom stereocenters. The van der Waals surface area contributed by atoms with E-state index in [1.807, 2.05) is 11.0 Å². The number of H-pyrrole nitrogens is 1. The van der Waals surface area contributed by atoms with Crippen molar-refractivity contribution in [3.63, 3.8) is 0 Å². The van der Waals surface area contributed by atoms with Crippen molar-refractivity contribution >= 4 is 0 Å². The van der Waals surface area contributed by atoms with Crippen molar-refractivity contribution < 1.29 is 8.78 Å². The molecule has 0 amide bonds. The second kappa shape index (κ2) is 6.76. The molecule has 0 saturated carbocycles. The van der Waals surface area contributed by atoms with Gasteiger partial charge < -0.3 is 4.98 Å². The molecule has 7 heteroatoms. The van der Waals surface area contributed by atoms with E-state index in [-0.39, 0.29) is 17.7 Å². The van der Waals surface area contributed by atoms with Crippen molar-refractivity contribution in [2.75, 3.05) is 6.54 Å². The summed E-state index contributed by atoms with van der Waals surface area (Å²) in [6, 6.07) is 7.75. The van der Waals surface area contributed by atoms with Crippen LogP contribution >= 0.6 is 0 Å². The highest BCUT2D eigenvalue weighted by molar-refractivity contribution is 5.53. The van der Waals surface area contributed by atoms with Gasteiger partial charge in [-0.3, -0.25) is 14.7 Å². The number of benzene rings is 1. The van der Waals surface area contributed by atoms with Crippen molar-refractivity contribution in [1.29, 1.82) is 0 Å². The molecule has 1 N–H and O–H groups in total. The van der Waals surface area contributed by atoms with E-state index in [0.29, 0.717) is 30.9 Å². The molecule has 0 bridgehead atoms. The summed E-state index contributed by atoms with van der Waals surface area (Å²) in [5, 5.41) is 0. The summed E-state index contributed by atoms with van der Waals surface area (Å²) in [6.07, 6.45) is 3.87. The summed E-state index contributed by atoms with van der Waals surface area (Å²) in [4.78, 5) is 25.8. The van der Waals surface area contributed by atoms with Gasteiger partial charge in [-0.05, 0) is 18.2 Å². The average Bonchev–Trinajstić information content (AvgIpc) is 2.66. The Morgan fingerprint density at radius 3 is 2.88 bits per heavy atom. The van der Waals surface area contributed by atoms with Gasteiger partial charge in [0.1, 0.15) is 5.82 Å². The Kier molecular flexibility index (Phi) is 4.30. The van der Waals surface area contributed by atoms with Crippen LogP contribution in [0.25, 0.3) is 11.4 Å². The Labute approximate surface area is 148 Å². The Morgan fingerprint density at radius 2 is 2.08 bits per heavy atom. The maximum Gasteiger partial charge on any atom is 0.255 e. The lowest BCUT2D eigenvalue weighted by molar-refractivity contribution is 0.237. The second-order valence-corrected chi connectivity index (χ2v) is 6.26. The maximum absolute atomic E-state index is 13.9. The third kappa shape index (κ3) is 3.13. The average molecular weight is 354 g/mol. The van der Waals surface area contributed by atoms with E-state index in [2.05, 4.69) is 15.0 Å². The van der Waals surface area contributed by atoms with Gasteiger partial charge in [-0.15, -0.1) is 0 Å². The summed E-state index contributed by atoms with van der Waals surface area (Å²) in [7, 11) is 0. The molecule has 5 nitrogen and oxygen atoms in total. The minimum Gasteiger partial charge on any atom is -0.306 e. The summed E-state index contributed by atoms with van der Waals surface area (Å²) in [5.41, 5.74) is 2.13. The van der Waals surface area contributed by atoms with Crippen LogP contribution in [-0.2, 0) is 19.5 Å². The van der Waals surface area contributed by atoms with Crippen LogP contribution in [0.1, 0.15) is 16.8 Å². The van der Waals surface area contributed by atoms with E-state index >= 15 is 0 Å². The van der Waals surface area contributed by atoms with Crippen LogP contribution in [0.5, 0.6) is 0 Å². The number of hydrogen-bond donors (Lipinski definition) is 1. The predicted molar refractivity (Wildman–Crippen MR) is 92.3 cm³/mol. The monoisotopic (exact) mass is 354 g/mol. The van der Waals surface area contributed by atoms with Gasteiger partial charge in [0.2, 0.25) is 0 Å². The smallest absolute Gasteiger partial charge is 0.255 e. The molecule has 0 radical (unpaired) electrons. The Morgan fingerprint density at radius 1 is 1.19 bits per heavy atom. The standard InChI is InChI=1S/C19H16F2N4O/c20-15-5-1-3-13(17(15)21)10-25-8-6-16-14(11-25)19(26)24-18(23-16)12-4-2-7-22-9-12/h1-5,7,9H,6,8,10-11H2,(H,23,24,26). The number of rotatable bonds is 3. The van der Waals surface area contributed by atoms with Gasteiger partial charge in [0.15, 0.2) is 11.6 Å². The maximum atomic E-state index is 13.9. The van der Waals surface area contributed by atoms with Crippen LogP contribution in [0.4, 0.5) is 8.78 Å². The first-order chi connectivity index (χ1) is 12.6. The first kappa shape index (κ1) is 16.5. The van der Waals surface area contributed by atoms with E-state index in [0.717, 1.165) is 17.3 Å². The van der Waals surface area contributed by atoms with E-state index < -0.39 is 11.6 Å². The summed E-state index contributed by atoms with van der Waals surface area (Å²) >= 11 is 0. The predicted octanol–water partition coefficient (Wildman–Crippen LogP) is 2.67. The van der Waals surface area contributed by atoms with E-state index in [4.69, 9.17) is 0 Å². The fourth-order valence-corrected chi connectivity index (χ4v) is 3.17. The summed E-state index contributed by atoms with van der Waals surface area (Å²) in [6.45, 7) is 1.21. The molecular formula is C19H16F2N4O. The zero-order chi connectivity index (χ0) is 18.1. The van der Waals surface area contributed by atoms with Crippen LogP contribution < -0.4 is 5.56 Å². The Balaban J connectivity index is 1.60. The lowest BCUT2D eigenvalue weighted by Gasteiger charge is -2.27.